The fraction of sp³-hybridized carbons (Fsp3) is 0.269. The van der Waals surface area contributed by atoms with E-state index in [0.29, 0.717) is 5.36 Å². The first-order valence-electron chi connectivity index (χ1n) is 10.5. The van der Waals surface area contributed by atoms with Gasteiger partial charge in [-0.2, -0.15) is 0 Å². The molecule has 146 valence electrons. The molecule has 1 N–H and O–H groups in total. The van der Waals surface area contributed by atoms with Gasteiger partial charge in [0.2, 0.25) is 0 Å². The second-order valence-corrected chi connectivity index (χ2v) is 8.29. The minimum absolute atomic E-state index is 0.471. The van der Waals surface area contributed by atoms with Gasteiger partial charge in [0.15, 0.2) is 0 Å². The predicted molar refractivity (Wildman–Crippen MR) is 120 cm³/mol. The van der Waals surface area contributed by atoms with E-state index in [0.717, 1.165) is 35.4 Å². The van der Waals surface area contributed by atoms with Crippen molar-refractivity contribution in [2.45, 2.75) is 33.1 Å². The van der Waals surface area contributed by atoms with Crippen LogP contribution in [0, 0.1) is 19.3 Å². The van der Waals surface area contributed by atoms with Crippen molar-refractivity contribution in [2.24, 2.45) is 0 Å². The van der Waals surface area contributed by atoms with E-state index in [-0.39, 0.29) is 0 Å². The Morgan fingerprint density at radius 3 is 2.34 bits per heavy atom. The van der Waals surface area contributed by atoms with Crippen molar-refractivity contribution < 1.29 is 4.42 Å². The number of aryl methyl sites for hydroxylation is 2. The Bertz CT molecular complexity index is 1210. The first-order valence-corrected chi connectivity index (χ1v) is 10.5. The van der Waals surface area contributed by atoms with Crippen LogP contribution in [0.15, 0.2) is 59.0 Å². The maximum Gasteiger partial charge on any atom is 0.137 e. The van der Waals surface area contributed by atoms with Gasteiger partial charge in [-0.1, -0.05) is 29.3 Å². The zero-order valence-electron chi connectivity index (χ0n) is 17.1. The Morgan fingerprint density at radius 2 is 1.59 bits per heavy atom. The summed E-state index contributed by atoms with van der Waals surface area (Å²) >= 11 is 0. The van der Waals surface area contributed by atoms with Crippen LogP contribution >= 0.6 is 0 Å². The number of rotatable bonds is 2. The Hall–Kier alpha value is -3.07. The molecule has 1 aliphatic carbocycles. The first kappa shape index (κ1) is 18.0. The maximum atomic E-state index is 8.06. The molecular formula is C26H26N2O. The summed E-state index contributed by atoms with van der Waals surface area (Å²) in [6.07, 6.45) is 3.83. The van der Waals surface area contributed by atoms with Crippen molar-refractivity contribution in [1.82, 2.24) is 0 Å². The minimum Gasteiger partial charge on any atom is -0.456 e. The summed E-state index contributed by atoms with van der Waals surface area (Å²) in [5.74, 6) is 0.773. The van der Waals surface area contributed by atoms with Crippen molar-refractivity contribution in [3.8, 4) is 22.5 Å². The average molecular weight is 383 g/mol. The summed E-state index contributed by atoms with van der Waals surface area (Å²) < 4.78 is 6.33. The number of hydrogen-bond donors (Lipinski definition) is 1. The molecule has 3 aliphatic rings. The second kappa shape index (κ2) is 7.07. The largest absolute Gasteiger partial charge is 0.456 e. The molecule has 2 aromatic rings. The Morgan fingerprint density at radius 1 is 0.828 bits per heavy atom. The number of piperidine rings is 1. The van der Waals surface area contributed by atoms with Crippen LogP contribution in [0.4, 0.5) is 5.69 Å². The van der Waals surface area contributed by atoms with Crippen LogP contribution in [0.1, 0.15) is 30.4 Å². The lowest BCUT2D eigenvalue weighted by molar-refractivity contribution is 0.576. The summed E-state index contributed by atoms with van der Waals surface area (Å²) in [7, 11) is 0. The third-order valence-electron chi connectivity index (χ3n) is 5.94. The standard InChI is InChI=1S/C26H26N2O/c1-17-12-18(2)14-19(13-17)26-22-8-6-20(27)15-24(22)29-25-16-21(7-9-23(25)26)28-10-4-3-5-11-28/h6-9,12-16,27H,3-5,10-11H2,1-2H3. The van der Waals surface area contributed by atoms with Crippen LogP contribution in [-0.4, -0.2) is 13.1 Å². The maximum absolute atomic E-state index is 8.06. The lowest BCUT2D eigenvalue weighted by Crippen LogP contribution is -2.29. The quantitative estimate of drug-likeness (QED) is 0.414. The van der Waals surface area contributed by atoms with Gasteiger partial charge in [0.1, 0.15) is 11.3 Å². The Balaban J connectivity index is 1.80. The fourth-order valence-corrected chi connectivity index (χ4v) is 4.66. The van der Waals surface area contributed by atoms with E-state index in [9.17, 15) is 0 Å². The third kappa shape index (κ3) is 3.31. The highest BCUT2D eigenvalue weighted by molar-refractivity contribution is 6.02. The number of anilines is 1. The van der Waals surface area contributed by atoms with E-state index in [1.54, 1.807) is 0 Å². The number of nitrogens with zero attached hydrogens (tertiary/aromatic N) is 1. The van der Waals surface area contributed by atoms with Crippen molar-refractivity contribution in [3.05, 3.63) is 71.1 Å². The molecule has 0 bridgehead atoms. The Labute approximate surface area is 171 Å². The van der Waals surface area contributed by atoms with Gasteiger partial charge < -0.3 is 14.7 Å². The number of benzene rings is 3. The van der Waals surface area contributed by atoms with E-state index >= 15 is 0 Å². The van der Waals surface area contributed by atoms with Crippen molar-refractivity contribution in [3.63, 3.8) is 0 Å². The smallest absolute Gasteiger partial charge is 0.137 e. The van der Waals surface area contributed by atoms with Crippen LogP contribution in [0.25, 0.3) is 33.4 Å². The minimum atomic E-state index is 0.471. The lowest BCUT2D eigenvalue weighted by atomic mass is 9.91. The monoisotopic (exact) mass is 382 g/mol. The summed E-state index contributed by atoms with van der Waals surface area (Å²) in [4.78, 5) is 2.46. The predicted octanol–water partition coefficient (Wildman–Crippen LogP) is 6.29. The molecule has 2 aliphatic heterocycles. The van der Waals surface area contributed by atoms with Crippen LogP contribution in [-0.2, 0) is 0 Å². The first-order chi connectivity index (χ1) is 14.1. The highest BCUT2D eigenvalue weighted by Gasteiger charge is 2.19. The fourth-order valence-electron chi connectivity index (χ4n) is 4.66. The molecule has 2 aromatic carbocycles. The van der Waals surface area contributed by atoms with Crippen LogP contribution in [0.5, 0.6) is 0 Å². The van der Waals surface area contributed by atoms with Crippen molar-refractivity contribution >= 4 is 16.7 Å². The van der Waals surface area contributed by atoms with E-state index in [1.165, 1.54) is 47.2 Å². The number of nitrogens with one attached hydrogen (secondary N) is 1. The molecule has 0 radical (unpaired) electrons. The second-order valence-electron chi connectivity index (χ2n) is 8.29. The average Bonchev–Trinajstić information content (AvgIpc) is 2.71. The summed E-state index contributed by atoms with van der Waals surface area (Å²) in [6, 6.07) is 19.0. The zero-order valence-corrected chi connectivity index (χ0v) is 17.1. The molecule has 29 heavy (non-hydrogen) atoms. The molecule has 0 amide bonds. The highest BCUT2D eigenvalue weighted by atomic mass is 16.3. The molecule has 5 rings (SSSR count). The van der Waals surface area contributed by atoms with Crippen LogP contribution < -0.4 is 10.3 Å². The summed E-state index contributed by atoms with van der Waals surface area (Å²) in [6.45, 7) is 6.51. The van der Waals surface area contributed by atoms with Crippen LogP contribution in [0.2, 0.25) is 0 Å². The molecular weight excluding hydrogens is 356 g/mol. The van der Waals surface area contributed by atoms with Gasteiger partial charge in [0.25, 0.3) is 0 Å². The van der Waals surface area contributed by atoms with Gasteiger partial charge in [-0.25, -0.2) is 0 Å². The van der Waals surface area contributed by atoms with E-state index < -0.39 is 0 Å². The molecule has 1 fully saturated rings. The van der Waals surface area contributed by atoms with Crippen LogP contribution in [0.3, 0.4) is 0 Å². The SMILES string of the molecule is Cc1cc(C)cc(-c2c3ccc(=N)cc-3oc3cc(N4CCCCC4)ccc23)c1. The molecule has 0 atom stereocenters. The number of fused-ring (bicyclic) bond motifs is 2. The molecule has 3 heteroatoms. The molecule has 3 nitrogen and oxygen atoms in total. The highest BCUT2D eigenvalue weighted by Crippen LogP contribution is 2.41. The van der Waals surface area contributed by atoms with Gasteiger partial charge in [0.05, 0.1) is 5.36 Å². The van der Waals surface area contributed by atoms with E-state index in [1.807, 2.05) is 18.2 Å². The van der Waals surface area contributed by atoms with Crippen molar-refractivity contribution in [1.29, 1.82) is 5.41 Å². The van der Waals surface area contributed by atoms with E-state index in [4.69, 9.17) is 9.83 Å². The van der Waals surface area contributed by atoms with E-state index in [2.05, 4.69) is 55.1 Å². The third-order valence-corrected chi connectivity index (χ3v) is 5.94. The van der Waals surface area contributed by atoms with Gasteiger partial charge in [-0.15, -0.1) is 0 Å². The Kier molecular flexibility index (Phi) is 4.39. The zero-order chi connectivity index (χ0) is 20.0. The van der Waals surface area contributed by atoms with Gasteiger partial charge in [-0.3, -0.25) is 0 Å². The molecule has 0 unspecified atom stereocenters. The molecule has 0 saturated carbocycles. The van der Waals surface area contributed by atoms with Crippen molar-refractivity contribution in [2.75, 3.05) is 18.0 Å². The number of hydrogen-bond acceptors (Lipinski definition) is 3. The topological polar surface area (TPSA) is 40.2 Å². The van der Waals surface area contributed by atoms with Gasteiger partial charge in [0, 0.05) is 47.4 Å². The normalized spacial score (nSPS) is 14.6. The van der Waals surface area contributed by atoms with Gasteiger partial charge >= 0.3 is 0 Å². The van der Waals surface area contributed by atoms with Gasteiger partial charge in [-0.05, 0) is 62.9 Å². The molecule has 0 aromatic heterocycles. The molecule has 1 saturated heterocycles. The summed E-state index contributed by atoms with van der Waals surface area (Å²) in [5, 5.41) is 9.66. The lowest BCUT2D eigenvalue weighted by Gasteiger charge is -2.29. The molecule has 2 heterocycles. The summed E-state index contributed by atoms with van der Waals surface area (Å²) in [5.41, 5.74) is 8.08. The molecule has 0 spiro atoms.